The van der Waals surface area contributed by atoms with Crippen LogP contribution >= 0.6 is 0 Å². The van der Waals surface area contributed by atoms with Crippen LogP contribution < -0.4 is 5.32 Å². The molecule has 0 aromatic carbocycles. The van der Waals surface area contributed by atoms with E-state index < -0.39 is 5.97 Å². The van der Waals surface area contributed by atoms with E-state index in [0.717, 1.165) is 25.7 Å². The number of carbonyl (C=O) groups excluding carboxylic acids is 1. The number of rotatable bonds is 5. The fourth-order valence-electron chi connectivity index (χ4n) is 2.17. The fourth-order valence-corrected chi connectivity index (χ4v) is 2.17. The van der Waals surface area contributed by atoms with Gasteiger partial charge in [0.15, 0.2) is 0 Å². The number of carbonyl (C=O) groups is 2. The molecule has 2 amide bonds. The molecule has 6 nitrogen and oxygen atoms in total. The number of carboxylic acids is 1. The first-order chi connectivity index (χ1) is 8.65. The van der Waals surface area contributed by atoms with Gasteiger partial charge >= 0.3 is 12.0 Å². The van der Waals surface area contributed by atoms with Crippen molar-refractivity contribution in [3.05, 3.63) is 0 Å². The predicted octanol–water partition coefficient (Wildman–Crippen LogP) is 0.798. The molecule has 1 heterocycles. The number of nitrogens with zero attached hydrogens (tertiary/aromatic N) is 1. The van der Waals surface area contributed by atoms with Gasteiger partial charge in [-0.25, -0.2) is 4.79 Å². The highest BCUT2D eigenvalue weighted by atomic mass is 16.4. The number of amides is 2. The number of hydrogen-bond acceptors (Lipinski definition) is 3. The van der Waals surface area contributed by atoms with Crippen LogP contribution in [0.15, 0.2) is 0 Å². The summed E-state index contributed by atoms with van der Waals surface area (Å²) >= 11 is 0. The first-order valence-electron chi connectivity index (χ1n) is 6.52. The molecule has 0 bridgehead atoms. The highest BCUT2D eigenvalue weighted by Gasteiger charge is 2.24. The molecule has 104 valence electrons. The molecule has 1 aliphatic heterocycles. The lowest BCUT2D eigenvalue weighted by Crippen LogP contribution is -2.47. The average Bonchev–Trinajstić information content (AvgIpc) is 2.59. The first kappa shape index (κ1) is 14.8. The molecule has 6 heteroatoms. The topological polar surface area (TPSA) is 89.9 Å². The van der Waals surface area contributed by atoms with Crippen molar-refractivity contribution in [3.8, 4) is 0 Å². The minimum absolute atomic E-state index is 0.0114. The predicted molar refractivity (Wildman–Crippen MR) is 66.3 cm³/mol. The van der Waals surface area contributed by atoms with E-state index in [9.17, 15) is 14.7 Å². The van der Waals surface area contributed by atoms with Gasteiger partial charge in [-0.2, -0.15) is 0 Å². The number of aliphatic hydroxyl groups is 1. The maximum absolute atomic E-state index is 11.9. The molecule has 0 spiro atoms. The third-order valence-corrected chi connectivity index (χ3v) is 3.19. The largest absolute Gasteiger partial charge is 0.481 e. The summed E-state index contributed by atoms with van der Waals surface area (Å²) in [6.07, 6.45) is 4.40. The van der Waals surface area contributed by atoms with Crippen LogP contribution in [-0.2, 0) is 4.79 Å². The zero-order chi connectivity index (χ0) is 13.4. The van der Waals surface area contributed by atoms with E-state index in [1.54, 1.807) is 4.90 Å². The zero-order valence-corrected chi connectivity index (χ0v) is 10.6. The molecule has 0 radical (unpaired) electrons. The van der Waals surface area contributed by atoms with Gasteiger partial charge in [-0.1, -0.05) is 12.8 Å². The normalized spacial score (nSPS) is 20.3. The molecule has 0 aromatic heterocycles. The van der Waals surface area contributed by atoms with Gasteiger partial charge in [0.2, 0.25) is 0 Å². The van der Waals surface area contributed by atoms with Crippen molar-refractivity contribution in [1.82, 2.24) is 10.2 Å². The average molecular weight is 258 g/mol. The van der Waals surface area contributed by atoms with Crippen molar-refractivity contribution in [1.29, 1.82) is 0 Å². The molecule has 1 unspecified atom stereocenters. The van der Waals surface area contributed by atoms with Crippen molar-refractivity contribution < 1.29 is 19.8 Å². The van der Waals surface area contributed by atoms with Crippen LogP contribution in [0.4, 0.5) is 4.79 Å². The van der Waals surface area contributed by atoms with E-state index in [1.807, 2.05) is 0 Å². The second-order valence-corrected chi connectivity index (χ2v) is 4.61. The molecule has 1 aliphatic rings. The van der Waals surface area contributed by atoms with Gasteiger partial charge in [0.25, 0.3) is 0 Å². The summed E-state index contributed by atoms with van der Waals surface area (Å²) < 4.78 is 0. The lowest BCUT2D eigenvalue weighted by molar-refractivity contribution is -0.137. The lowest BCUT2D eigenvalue weighted by atomic mass is 10.1. The third-order valence-electron chi connectivity index (χ3n) is 3.19. The fraction of sp³-hybridized carbons (Fsp3) is 0.833. The molecule has 0 aliphatic carbocycles. The van der Waals surface area contributed by atoms with Gasteiger partial charge in [0.05, 0.1) is 12.6 Å². The first-order valence-corrected chi connectivity index (χ1v) is 6.52. The number of aliphatic hydroxyl groups excluding tert-OH is 1. The molecule has 0 saturated carbocycles. The number of nitrogens with one attached hydrogen (secondary N) is 1. The van der Waals surface area contributed by atoms with Crippen LogP contribution in [-0.4, -0.2) is 52.9 Å². The summed E-state index contributed by atoms with van der Waals surface area (Å²) in [6, 6.07) is -0.298. The number of carboxylic acid groups (broad SMARTS) is 1. The molecule has 3 N–H and O–H groups in total. The minimum atomic E-state index is -0.854. The quantitative estimate of drug-likeness (QED) is 0.636. The summed E-state index contributed by atoms with van der Waals surface area (Å²) in [6.45, 7) is 1.01. The second-order valence-electron chi connectivity index (χ2n) is 4.61. The van der Waals surface area contributed by atoms with Gasteiger partial charge < -0.3 is 20.4 Å². The SMILES string of the molecule is O=C(O)CCCNC(=O)N1CCCCCC1CO. The van der Waals surface area contributed by atoms with E-state index >= 15 is 0 Å². The molecular weight excluding hydrogens is 236 g/mol. The third kappa shape index (κ3) is 4.91. The molecule has 1 atom stereocenters. The smallest absolute Gasteiger partial charge is 0.317 e. The van der Waals surface area contributed by atoms with Crippen LogP contribution in [0.1, 0.15) is 38.5 Å². The minimum Gasteiger partial charge on any atom is -0.481 e. The van der Waals surface area contributed by atoms with Crippen molar-refractivity contribution in [2.45, 2.75) is 44.6 Å². The van der Waals surface area contributed by atoms with Crippen LogP contribution in [0, 0.1) is 0 Å². The lowest BCUT2D eigenvalue weighted by Gasteiger charge is -2.28. The maximum atomic E-state index is 11.9. The summed E-state index contributed by atoms with van der Waals surface area (Å²) in [5.74, 6) is -0.854. The number of aliphatic carboxylic acids is 1. The van der Waals surface area contributed by atoms with Gasteiger partial charge in [-0.3, -0.25) is 4.79 Å². The molecule has 0 aromatic rings. The Morgan fingerprint density at radius 2 is 2.06 bits per heavy atom. The molecule has 1 fully saturated rings. The Morgan fingerprint density at radius 3 is 2.72 bits per heavy atom. The number of likely N-dealkylation sites (tertiary alicyclic amines) is 1. The van der Waals surface area contributed by atoms with E-state index in [2.05, 4.69) is 5.32 Å². The standard InChI is InChI=1S/C12H22N2O4/c15-9-10-5-2-1-3-8-14(10)12(18)13-7-4-6-11(16)17/h10,15H,1-9H2,(H,13,18)(H,16,17). The zero-order valence-electron chi connectivity index (χ0n) is 10.6. The molecule has 1 rings (SSSR count). The van der Waals surface area contributed by atoms with E-state index in [0.29, 0.717) is 19.5 Å². The van der Waals surface area contributed by atoms with Crippen molar-refractivity contribution in [2.75, 3.05) is 19.7 Å². The Balaban J connectivity index is 2.35. The summed E-state index contributed by atoms with van der Waals surface area (Å²) in [5, 5.41) is 20.5. The Labute approximate surface area is 107 Å². The monoisotopic (exact) mass is 258 g/mol. The Hall–Kier alpha value is -1.30. The van der Waals surface area contributed by atoms with Gasteiger partial charge in [0, 0.05) is 19.5 Å². The van der Waals surface area contributed by atoms with Crippen molar-refractivity contribution in [3.63, 3.8) is 0 Å². The Morgan fingerprint density at radius 1 is 1.28 bits per heavy atom. The molecule has 1 saturated heterocycles. The van der Waals surface area contributed by atoms with Crippen LogP contribution in [0.5, 0.6) is 0 Å². The summed E-state index contributed by atoms with van der Waals surface area (Å²) in [4.78, 5) is 23.9. The van der Waals surface area contributed by atoms with Gasteiger partial charge in [-0.15, -0.1) is 0 Å². The summed E-state index contributed by atoms with van der Waals surface area (Å²) in [7, 11) is 0. The van der Waals surface area contributed by atoms with Crippen LogP contribution in [0.25, 0.3) is 0 Å². The van der Waals surface area contributed by atoms with Gasteiger partial charge in [-0.05, 0) is 19.3 Å². The van der Waals surface area contributed by atoms with Crippen molar-refractivity contribution in [2.24, 2.45) is 0 Å². The Kier molecular flexibility index (Phi) is 6.49. The van der Waals surface area contributed by atoms with E-state index in [1.165, 1.54) is 0 Å². The number of hydrogen-bond donors (Lipinski definition) is 3. The van der Waals surface area contributed by atoms with Crippen LogP contribution in [0.3, 0.4) is 0 Å². The number of urea groups is 1. The van der Waals surface area contributed by atoms with Gasteiger partial charge in [0.1, 0.15) is 0 Å². The summed E-state index contributed by atoms with van der Waals surface area (Å²) in [5.41, 5.74) is 0. The maximum Gasteiger partial charge on any atom is 0.317 e. The van der Waals surface area contributed by atoms with Crippen LogP contribution in [0.2, 0.25) is 0 Å². The Bertz CT molecular complexity index is 283. The molecule has 18 heavy (non-hydrogen) atoms. The highest BCUT2D eigenvalue weighted by Crippen LogP contribution is 2.16. The molecular formula is C12H22N2O4. The van der Waals surface area contributed by atoms with E-state index in [4.69, 9.17) is 5.11 Å². The highest BCUT2D eigenvalue weighted by molar-refractivity contribution is 5.74. The van der Waals surface area contributed by atoms with Crippen molar-refractivity contribution >= 4 is 12.0 Å². The second kappa shape index (κ2) is 7.92. The van der Waals surface area contributed by atoms with E-state index in [-0.39, 0.29) is 25.1 Å².